The van der Waals surface area contributed by atoms with Gasteiger partial charge in [0.05, 0.1) is 0 Å². The van der Waals surface area contributed by atoms with Gasteiger partial charge in [0.1, 0.15) is 0 Å². The molecule has 0 aromatic carbocycles. The van der Waals surface area contributed by atoms with Crippen molar-refractivity contribution in [1.29, 1.82) is 0 Å². The molecule has 5 nitrogen and oxygen atoms in total. The maximum absolute atomic E-state index is 11.9. The topological polar surface area (TPSA) is 50.2 Å². The smallest absolute Gasteiger partial charge is 0.244 e. The summed E-state index contributed by atoms with van der Waals surface area (Å²) in [6.45, 7) is 3.40. The van der Waals surface area contributed by atoms with E-state index in [1.807, 2.05) is 17.8 Å². The largest absolute Gasteiger partial charge is 0.348 e. The SMILES string of the molecule is Cn1ccnc1SC=CC(=O)N[C@H]1CN2CCC1CC2. The number of aromatic nitrogens is 2. The third-order valence-electron chi connectivity index (χ3n) is 4.15. The van der Waals surface area contributed by atoms with Gasteiger partial charge in [-0.05, 0) is 37.3 Å². The van der Waals surface area contributed by atoms with Crippen molar-refractivity contribution in [2.45, 2.75) is 24.0 Å². The second-order valence-corrected chi connectivity index (χ2v) is 6.37. The molecule has 2 bridgehead atoms. The number of nitrogens with one attached hydrogen (secondary N) is 1. The van der Waals surface area contributed by atoms with Crippen molar-refractivity contribution in [3.8, 4) is 0 Å². The monoisotopic (exact) mass is 292 g/mol. The number of imidazole rings is 1. The van der Waals surface area contributed by atoms with Crippen LogP contribution in [0.5, 0.6) is 0 Å². The number of aryl methyl sites for hydroxylation is 1. The Hall–Kier alpha value is -1.27. The van der Waals surface area contributed by atoms with Crippen LogP contribution in [0.3, 0.4) is 0 Å². The highest BCUT2D eigenvalue weighted by atomic mass is 32.2. The van der Waals surface area contributed by atoms with Gasteiger partial charge < -0.3 is 14.8 Å². The van der Waals surface area contributed by atoms with E-state index >= 15 is 0 Å². The van der Waals surface area contributed by atoms with E-state index in [1.54, 1.807) is 17.7 Å². The molecule has 6 heteroatoms. The molecule has 20 heavy (non-hydrogen) atoms. The first-order valence-corrected chi connectivity index (χ1v) is 7.94. The lowest BCUT2D eigenvalue weighted by Crippen LogP contribution is -2.57. The Bertz CT molecular complexity index is 505. The predicted molar refractivity (Wildman–Crippen MR) is 79.3 cm³/mol. The fourth-order valence-corrected chi connectivity index (χ4v) is 3.64. The fourth-order valence-electron chi connectivity index (χ4n) is 2.98. The maximum Gasteiger partial charge on any atom is 0.244 e. The summed E-state index contributed by atoms with van der Waals surface area (Å²) in [5, 5.41) is 5.83. The number of hydrogen-bond acceptors (Lipinski definition) is 4. The molecule has 1 atom stereocenters. The molecule has 1 amide bonds. The molecule has 1 N–H and O–H groups in total. The van der Waals surface area contributed by atoms with Crippen molar-refractivity contribution in [1.82, 2.24) is 19.8 Å². The number of amides is 1. The van der Waals surface area contributed by atoms with Gasteiger partial charge in [-0.2, -0.15) is 0 Å². The molecule has 3 fully saturated rings. The summed E-state index contributed by atoms with van der Waals surface area (Å²) in [4.78, 5) is 18.6. The number of hydrogen-bond donors (Lipinski definition) is 1. The van der Waals surface area contributed by atoms with Gasteiger partial charge in [0.25, 0.3) is 0 Å². The normalized spacial score (nSPS) is 28.9. The highest BCUT2D eigenvalue weighted by Crippen LogP contribution is 2.27. The molecular weight excluding hydrogens is 272 g/mol. The van der Waals surface area contributed by atoms with Crippen LogP contribution in [0.1, 0.15) is 12.8 Å². The first-order chi connectivity index (χ1) is 9.72. The zero-order valence-corrected chi connectivity index (χ0v) is 12.5. The fraction of sp³-hybridized carbons (Fsp3) is 0.571. The van der Waals surface area contributed by atoms with E-state index in [0.717, 1.165) is 11.7 Å². The number of rotatable bonds is 4. The molecule has 0 saturated carbocycles. The highest BCUT2D eigenvalue weighted by Gasteiger charge is 2.34. The van der Waals surface area contributed by atoms with Crippen LogP contribution in [0.15, 0.2) is 29.0 Å². The van der Waals surface area contributed by atoms with Gasteiger partial charge in [-0.15, -0.1) is 0 Å². The summed E-state index contributed by atoms with van der Waals surface area (Å²) in [7, 11) is 1.94. The maximum atomic E-state index is 11.9. The minimum atomic E-state index is 0.00505. The molecule has 4 rings (SSSR count). The molecule has 3 aliphatic rings. The van der Waals surface area contributed by atoms with E-state index in [-0.39, 0.29) is 5.91 Å². The second-order valence-electron chi connectivity index (χ2n) is 5.49. The summed E-state index contributed by atoms with van der Waals surface area (Å²) in [6.07, 6.45) is 7.69. The zero-order valence-electron chi connectivity index (χ0n) is 11.7. The lowest BCUT2D eigenvalue weighted by molar-refractivity contribution is -0.118. The predicted octanol–water partition coefficient (Wildman–Crippen LogP) is 1.24. The van der Waals surface area contributed by atoms with Crippen molar-refractivity contribution >= 4 is 17.7 Å². The number of thioether (sulfide) groups is 1. The summed E-state index contributed by atoms with van der Waals surface area (Å²) >= 11 is 1.46. The average Bonchev–Trinajstić information content (AvgIpc) is 2.86. The Morgan fingerprint density at radius 1 is 1.50 bits per heavy atom. The lowest BCUT2D eigenvalue weighted by Gasteiger charge is -2.44. The minimum Gasteiger partial charge on any atom is -0.348 e. The lowest BCUT2D eigenvalue weighted by atomic mass is 9.84. The van der Waals surface area contributed by atoms with Crippen molar-refractivity contribution in [3.63, 3.8) is 0 Å². The molecule has 0 radical (unpaired) electrons. The molecule has 0 spiro atoms. The molecule has 0 unspecified atom stereocenters. The van der Waals surface area contributed by atoms with Crippen LogP contribution in [0, 0.1) is 5.92 Å². The molecule has 3 aliphatic heterocycles. The summed E-state index contributed by atoms with van der Waals surface area (Å²) < 4.78 is 1.93. The van der Waals surface area contributed by atoms with Gasteiger partial charge in [-0.25, -0.2) is 4.98 Å². The summed E-state index contributed by atoms with van der Waals surface area (Å²) in [5.41, 5.74) is 0. The van der Waals surface area contributed by atoms with E-state index in [0.29, 0.717) is 12.0 Å². The van der Waals surface area contributed by atoms with Gasteiger partial charge in [0, 0.05) is 38.1 Å². The number of nitrogens with zero attached hydrogens (tertiary/aromatic N) is 3. The van der Waals surface area contributed by atoms with Gasteiger partial charge in [0.2, 0.25) is 5.91 Å². The van der Waals surface area contributed by atoms with Crippen molar-refractivity contribution in [3.05, 3.63) is 23.9 Å². The van der Waals surface area contributed by atoms with Gasteiger partial charge >= 0.3 is 0 Å². The standard InChI is InChI=1S/C14H20N4OS/c1-17-8-5-15-14(17)20-9-4-13(19)16-12-10-18-6-2-11(12)3-7-18/h4-5,8-9,11-12H,2-3,6-7,10H2,1H3,(H,16,19)/t12-/m0/s1. The van der Waals surface area contributed by atoms with Crippen molar-refractivity contribution < 1.29 is 4.79 Å². The third kappa shape index (κ3) is 3.07. The molecule has 108 valence electrons. The second kappa shape index (κ2) is 6.01. The van der Waals surface area contributed by atoms with Crippen molar-refractivity contribution in [2.24, 2.45) is 13.0 Å². The Labute approximate surface area is 123 Å². The number of carbonyl (C=O) groups excluding carboxylic acids is 1. The first-order valence-electron chi connectivity index (χ1n) is 7.06. The van der Waals surface area contributed by atoms with Gasteiger partial charge in [0.15, 0.2) is 5.16 Å². The highest BCUT2D eigenvalue weighted by molar-refractivity contribution is 8.02. The van der Waals surface area contributed by atoms with Crippen LogP contribution in [0.25, 0.3) is 0 Å². The van der Waals surface area contributed by atoms with Crippen LogP contribution in [-0.2, 0) is 11.8 Å². The molecule has 4 heterocycles. The minimum absolute atomic E-state index is 0.00505. The third-order valence-corrected chi connectivity index (χ3v) is 5.03. The summed E-state index contributed by atoms with van der Waals surface area (Å²) in [6, 6.07) is 0.327. The molecule has 1 aromatic rings. The van der Waals surface area contributed by atoms with Crippen LogP contribution in [-0.4, -0.2) is 46.0 Å². The molecule has 1 aromatic heterocycles. The number of carbonyl (C=O) groups is 1. The number of piperidine rings is 3. The zero-order chi connectivity index (χ0) is 13.9. The van der Waals surface area contributed by atoms with Crippen LogP contribution < -0.4 is 5.32 Å². The van der Waals surface area contributed by atoms with Gasteiger partial charge in [-0.1, -0.05) is 11.8 Å². The van der Waals surface area contributed by atoms with Crippen LogP contribution in [0.4, 0.5) is 0 Å². The van der Waals surface area contributed by atoms with E-state index < -0.39 is 0 Å². The van der Waals surface area contributed by atoms with E-state index in [1.165, 1.54) is 37.7 Å². The van der Waals surface area contributed by atoms with Crippen LogP contribution in [0.2, 0.25) is 0 Å². The Balaban J connectivity index is 1.49. The summed E-state index contributed by atoms with van der Waals surface area (Å²) in [5.74, 6) is 0.671. The van der Waals surface area contributed by atoms with Crippen LogP contribution >= 0.6 is 11.8 Å². The van der Waals surface area contributed by atoms with E-state index in [2.05, 4.69) is 15.2 Å². The molecule has 0 aliphatic carbocycles. The van der Waals surface area contributed by atoms with E-state index in [9.17, 15) is 4.79 Å². The van der Waals surface area contributed by atoms with E-state index in [4.69, 9.17) is 0 Å². The quantitative estimate of drug-likeness (QED) is 0.670. The van der Waals surface area contributed by atoms with Gasteiger partial charge in [-0.3, -0.25) is 4.79 Å². The average molecular weight is 292 g/mol. The molecular formula is C14H20N4OS. The number of fused-ring (bicyclic) bond motifs is 3. The Morgan fingerprint density at radius 3 is 2.90 bits per heavy atom. The Kier molecular flexibility index (Phi) is 4.12. The molecule has 3 saturated heterocycles. The first kappa shape index (κ1) is 13.7. The van der Waals surface area contributed by atoms with Crippen molar-refractivity contribution in [2.75, 3.05) is 19.6 Å². The Morgan fingerprint density at radius 2 is 2.30 bits per heavy atom.